The molecular formula is C69H42N2O2. The van der Waals surface area contributed by atoms with Crippen LogP contribution >= 0.6 is 0 Å². The molecule has 0 saturated carbocycles. The fourth-order valence-corrected chi connectivity index (χ4v) is 13.0. The maximum Gasteiger partial charge on any atom is 0.136 e. The lowest BCUT2D eigenvalue weighted by Crippen LogP contribution is -2.26. The largest absolute Gasteiger partial charge is 0.456 e. The Morgan fingerprint density at radius 1 is 0.260 bits per heavy atom. The van der Waals surface area contributed by atoms with Crippen LogP contribution in [-0.4, -0.2) is 0 Å². The summed E-state index contributed by atoms with van der Waals surface area (Å²) in [5.41, 5.74) is 19.1. The molecule has 2 aromatic heterocycles. The number of nitrogens with zero attached hydrogens (tertiary/aromatic N) is 2. The van der Waals surface area contributed by atoms with Gasteiger partial charge in [0.2, 0.25) is 0 Å². The first-order valence-corrected chi connectivity index (χ1v) is 25.1. The van der Waals surface area contributed by atoms with E-state index in [9.17, 15) is 0 Å². The van der Waals surface area contributed by atoms with E-state index < -0.39 is 5.41 Å². The van der Waals surface area contributed by atoms with Gasteiger partial charge in [-0.1, -0.05) is 158 Å². The summed E-state index contributed by atoms with van der Waals surface area (Å²) in [6.45, 7) is 0. The third-order valence-corrected chi connectivity index (χ3v) is 15.8. The molecule has 4 nitrogen and oxygen atoms in total. The molecule has 2 heterocycles. The summed E-state index contributed by atoms with van der Waals surface area (Å²) in [6, 6.07) is 93.0. The fraction of sp³-hybridized carbons (Fsp3) is 0.0145. The molecule has 0 unspecified atom stereocenters. The van der Waals surface area contributed by atoms with Gasteiger partial charge < -0.3 is 18.6 Å². The van der Waals surface area contributed by atoms with Gasteiger partial charge >= 0.3 is 0 Å². The summed E-state index contributed by atoms with van der Waals surface area (Å²) in [5.74, 6) is 0. The summed E-state index contributed by atoms with van der Waals surface area (Å²) in [7, 11) is 0. The van der Waals surface area contributed by atoms with Crippen LogP contribution in [0.1, 0.15) is 22.3 Å². The van der Waals surface area contributed by atoms with E-state index in [1.54, 1.807) is 0 Å². The number of rotatable bonds is 6. The van der Waals surface area contributed by atoms with Crippen molar-refractivity contribution < 1.29 is 8.83 Å². The van der Waals surface area contributed by atoms with E-state index in [1.165, 1.54) is 44.5 Å². The highest BCUT2D eigenvalue weighted by atomic mass is 16.3. The van der Waals surface area contributed by atoms with Crippen LogP contribution in [-0.2, 0) is 5.41 Å². The monoisotopic (exact) mass is 930 g/mol. The van der Waals surface area contributed by atoms with Crippen molar-refractivity contribution in [3.05, 3.63) is 277 Å². The second kappa shape index (κ2) is 15.2. The average Bonchev–Trinajstić information content (AvgIpc) is 4.31. The number of benzene rings is 12. The van der Waals surface area contributed by atoms with Crippen molar-refractivity contribution in [3.63, 3.8) is 0 Å². The first-order valence-electron chi connectivity index (χ1n) is 25.1. The molecule has 0 bridgehead atoms. The highest BCUT2D eigenvalue weighted by Crippen LogP contribution is 2.67. The summed E-state index contributed by atoms with van der Waals surface area (Å²) < 4.78 is 13.7. The Labute approximate surface area is 420 Å². The lowest BCUT2D eigenvalue weighted by Gasteiger charge is -2.34. The molecule has 16 rings (SSSR count). The predicted molar refractivity (Wildman–Crippen MR) is 302 cm³/mol. The topological polar surface area (TPSA) is 32.8 Å². The second-order valence-corrected chi connectivity index (χ2v) is 19.4. The molecular weight excluding hydrogens is 889 g/mol. The molecule has 2 aliphatic rings. The molecule has 0 atom stereocenters. The van der Waals surface area contributed by atoms with E-state index in [1.807, 2.05) is 0 Å². The van der Waals surface area contributed by atoms with Crippen molar-refractivity contribution in [2.75, 3.05) is 9.80 Å². The van der Waals surface area contributed by atoms with Crippen LogP contribution in [0.15, 0.2) is 264 Å². The van der Waals surface area contributed by atoms with E-state index in [-0.39, 0.29) is 0 Å². The van der Waals surface area contributed by atoms with Crippen molar-refractivity contribution in [3.8, 4) is 22.3 Å². The maximum absolute atomic E-state index is 6.91. The molecule has 0 aliphatic heterocycles. The zero-order valence-corrected chi connectivity index (χ0v) is 39.5. The summed E-state index contributed by atoms with van der Waals surface area (Å²) >= 11 is 0. The zero-order chi connectivity index (χ0) is 47.8. The summed E-state index contributed by atoms with van der Waals surface area (Å²) in [4.78, 5) is 4.92. The Balaban J connectivity index is 1.16. The van der Waals surface area contributed by atoms with Crippen molar-refractivity contribution in [2.45, 2.75) is 5.41 Å². The molecule has 73 heavy (non-hydrogen) atoms. The first kappa shape index (κ1) is 40.1. The molecule has 340 valence electrons. The van der Waals surface area contributed by atoms with Crippen LogP contribution in [0, 0.1) is 0 Å². The smallest absolute Gasteiger partial charge is 0.136 e. The second-order valence-electron chi connectivity index (χ2n) is 19.4. The van der Waals surface area contributed by atoms with E-state index in [4.69, 9.17) is 8.83 Å². The molecule has 2 aliphatic carbocycles. The third kappa shape index (κ3) is 5.49. The number of para-hydroxylation sites is 6. The molecule has 0 saturated heterocycles. The standard InChI is InChI=1S/C69H42N2O2/c1-5-21-43(22-6-1)70(44-23-7-2-8-24-44)59-41-57-66(54-40-64-53(39-52(54)59)49-31-15-19-35-61(49)73-64)65-51-37-38-63-68(50-32-16-20-36-62(50)72-63)67(51)60(71(45-25-9-3-10-26-45)46-27-11-4-12-28-46)42-58(65)69(57)55-33-17-13-29-47(55)48-30-14-18-34-56(48)69/h1-42H. The van der Waals surface area contributed by atoms with Crippen LogP contribution < -0.4 is 9.80 Å². The van der Waals surface area contributed by atoms with Gasteiger partial charge in [0.1, 0.15) is 22.3 Å². The molecule has 4 heteroatoms. The first-order chi connectivity index (χ1) is 36.2. The lowest BCUT2D eigenvalue weighted by atomic mass is 9.70. The highest BCUT2D eigenvalue weighted by Gasteiger charge is 2.53. The normalized spacial score (nSPS) is 13.0. The van der Waals surface area contributed by atoms with Crippen LogP contribution in [0.2, 0.25) is 0 Å². The molecule has 0 amide bonds. The van der Waals surface area contributed by atoms with Gasteiger partial charge in [0.15, 0.2) is 0 Å². The van der Waals surface area contributed by atoms with Gasteiger partial charge in [0.05, 0.1) is 16.8 Å². The van der Waals surface area contributed by atoms with Gasteiger partial charge in [0, 0.05) is 55.1 Å². The summed E-state index contributed by atoms with van der Waals surface area (Å²) in [5, 5.41) is 8.92. The van der Waals surface area contributed by atoms with Gasteiger partial charge in [0.25, 0.3) is 0 Å². The SMILES string of the molecule is c1ccc(N(c2ccccc2)c2cc3c(c4cc5oc6ccccc6c5cc24)-c2c(cc(N(c4ccccc4)c4ccccc4)c4c2ccc2oc5ccccc5c24)C32c3ccccc3-c3ccccc32)cc1. The van der Waals surface area contributed by atoms with Crippen molar-refractivity contribution in [2.24, 2.45) is 0 Å². The minimum atomic E-state index is -0.752. The Morgan fingerprint density at radius 2 is 0.712 bits per heavy atom. The number of hydrogen-bond acceptors (Lipinski definition) is 4. The molecule has 1 spiro atoms. The molecule has 12 aromatic carbocycles. The van der Waals surface area contributed by atoms with Gasteiger partial charge in [-0.25, -0.2) is 0 Å². The summed E-state index contributed by atoms with van der Waals surface area (Å²) in [6.07, 6.45) is 0. The molecule has 0 radical (unpaired) electrons. The third-order valence-electron chi connectivity index (χ3n) is 15.8. The van der Waals surface area contributed by atoms with Crippen LogP contribution in [0.4, 0.5) is 34.1 Å². The van der Waals surface area contributed by atoms with Crippen LogP contribution in [0.3, 0.4) is 0 Å². The number of furan rings is 2. The van der Waals surface area contributed by atoms with E-state index in [0.29, 0.717) is 0 Å². The van der Waals surface area contributed by atoms with Gasteiger partial charge in [-0.2, -0.15) is 0 Å². The predicted octanol–water partition coefficient (Wildman–Crippen LogP) is 19.1. The number of hydrogen-bond donors (Lipinski definition) is 0. The quantitative estimate of drug-likeness (QED) is 0.166. The number of anilines is 6. The zero-order valence-electron chi connectivity index (χ0n) is 39.5. The number of fused-ring (bicyclic) bond motifs is 21. The Bertz CT molecular complexity index is 4430. The van der Waals surface area contributed by atoms with Gasteiger partial charge in [-0.3, -0.25) is 0 Å². The van der Waals surface area contributed by atoms with Crippen molar-refractivity contribution in [1.29, 1.82) is 0 Å². The molecule has 0 fully saturated rings. The van der Waals surface area contributed by atoms with Crippen molar-refractivity contribution in [1.82, 2.24) is 0 Å². The Hall–Kier alpha value is -9.64. The van der Waals surface area contributed by atoms with Crippen molar-refractivity contribution >= 4 is 99.5 Å². The minimum absolute atomic E-state index is 0.752. The van der Waals surface area contributed by atoms with Crippen LogP contribution in [0.25, 0.3) is 87.7 Å². The molecule has 14 aromatic rings. The lowest BCUT2D eigenvalue weighted by molar-refractivity contribution is 0.669. The van der Waals surface area contributed by atoms with E-state index >= 15 is 0 Å². The van der Waals surface area contributed by atoms with Gasteiger partial charge in [-0.05, 0) is 152 Å². The Kier molecular flexibility index (Phi) is 8.35. The van der Waals surface area contributed by atoms with E-state index in [0.717, 1.165) is 99.5 Å². The van der Waals surface area contributed by atoms with E-state index in [2.05, 4.69) is 265 Å². The minimum Gasteiger partial charge on any atom is -0.456 e. The maximum atomic E-state index is 6.91. The fourth-order valence-electron chi connectivity index (χ4n) is 13.0. The van der Waals surface area contributed by atoms with Crippen LogP contribution in [0.5, 0.6) is 0 Å². The highest BCUT2D eigenvalue weighted by molar-refractivity contribution is 6.29. The Morgan fingerprint density at radius 3 is 1.30 bits per heavy atom. The average molecular weight is 931 g/mol. The van der Waals surface area contributed by atoms with Gasteiger partial charge in [-0.15, -0.1) is 0 Å². The molecule has 0 N–H and O–H groups in total.